The molecule has 5 rings (SSSR count). The van der Waals surface area contributed by atoms with Gasteiger partial charge in [-0.05, 0) is 25.7 Å². The predicted molar refractivity (Wildman–Crippen MR) is 107 cm³/mol. The average molecular weight is 388 g/mol. The Morgan fingerprint density at radius 3 is 2.72 bits per heavy atom. The molecule has 0 aliphatic heterocycles. The van der Waals surface area contributed by atoms with Crippen LogP contribution in [0.2, 0.25) is 0 Å². The van der Waals surface area contributed by atoms with Crippen LogP contribution in [0.1, 0.15) is 11.3 Å². The summed E-state index contributed by atoms with van der Waals surface area (Å²) in [6.45, 7) is 1.36. The quantitative estimate of drug-likeness (QED) is 0.449. The van der Waals surface area contributed by atoms with E-state index >= 15 is 0 Å². The lowest BCUT2D eigenvalue weighted by atomic mass is 10.2. The summed E-state index contributed by atoms with van der Waals surface area (Å²) >= 11 is 0. The van der Waals surface area contributed by atoms with Crippen molar-refractivity contribution in [2.24, 2.45) is 7.05 Å². The summed E-state index contributed by atoms with van der Waals surface area (Å²) in [6, 6.07) is 4.06. The first-order valence-corrected chi connectivity index (χ1v) is 9.22. The lowest BCUT2D eigenvalue weighted by Crippen LogP contribution is -2.12. The minimum Gasteiger partial charge on any atom is -0.304 e. The van der Waals surface area contributed by atoms with E-state index in [4.69, 9.17) is 4.98 Å². The van der Waals surface area contributed by atoms with Crippen LogP contribution in [0.3, 0.4) is 0 Å². The molecule has 0 saturated carbocycles. The van der Waals surface area contributed by atoms with Crippen molar-refractivity contribution in [1.82, 2.24) is 49.0 Å². The van der Waals surface area contributed by atoms with Crippen molar-refractivity contribution >= 4 is 16.9 Å². The second kappa shape index (κ2) is 6.74. The molecule has 5 heterocycles. The van der Waals surface area contributed by atoms with Gasteiger partial charge in [-0.1, -0.05) is 11.3 Å². The van der Waals surface area contributed by atoms with Crippen LogP contribution in [0.25, 0.3) is 28.2 Å². The van der Waals surface area contributed by atoms with Gasteiger partial charge in [0.15, 0.2) is 5.65 Å². The number of imidazole rings is 1. The maximum Gasteiger partial charge on any atom is 0.221 e. The molecule has 0 aliphatic carbocycles. The first-order valence-electron chi connectivity index (χ1n) is 9.22. The number of hydrogen-bond acceptors (Lipinski definition) is 7. The molecule has 0 N–H and O–H groups in total. The van der Waals surface area contributed by atoms with Gasteiger partial charge < -0.3 is 9.30 Å². The van der Waals surface area contributed by atoms with Crippen LogP contribution < -0.4 is 0 Å². The fourth-order valence-corrected chi connectivity index (χ4v) is 3.34. The number of aromatic nitrogens is 9. The lowest BCUT2D eigenvalue weighted by Gasteiger charge is -2.10. The first-order chi connectivity index (χ1) is 14.1. The van der Waals surface area contributed by atoms with Crippen molar-refractivity contribution < 1.29 is 0 Å². The van der Waals surface area contributed by atoms with Gasteiger partial charge in [0.2, 0.25) is 5.65 Å². The molecule has 29 heavy (non-hydrogen) atoms. The van der Waals surface area contributed by atoms with E-state index in [0.717, 1.165) is 34.7 Å². The van der Waals surface area contributed by atoms with E-state index in [9.17, 15) is 0 Å². The number of hydrogen-bond donors (Lipinski definition) is 0. The maximum absolute atomic E-state index is 4.72. The second-order valence-electron chi connectivity index (χ2n) is 7.31. The standard InChI is InChI=1S/C19H20N10/c1-26(2)12-15-7-20-17-5-4-13(9-28(15)17)10-29-19-18(24-25-29)21-8-16(23-19)14-6-22-27(3)11-14/h4-9,11H,10,12H2,1-3H3. The fourth-order valence-electron chi connectivity index (χ4n) is 3.34. The van der Waals surface area contributed by atoms with Gasteiger partial charge in [0.05, 0.1) is 36.5 Å². The van der Waals surface area contributed by atoms with Gasteiger partial charge in [-0.2, -0.15) is 5.10 Å². The van der Waals surface area contributed by atoms with Gasteiger partial charge in [-0.15, -0.1) is 5.10 Å². The van der Waals surface area contributed by atoms with Crippen LogP contribution in [0, 0.1) is 0 Å². The molecule has 0 bridgehead atoms. The SMILES string of the molecule is CN(C)Cc1cnc2ccc(Cn3nnc4ncc(-c5cnn(C)c5)nc43)cn12. The molecular formula is C19H20N10. The molecule has 5 aromatic heterocycles. The largest absolute Gasteiger partial charge is 0.304 e. The zero-order valence-electron chi connectivity index (χ0n) is 16.4. The van der Waals surface area contributed by atoms with Crippen molar-refractivity contribution in [3.05, 3.63) is 54.4 Å². The normalized spacial score (nSPS) is 11.9. The molecule has 0 fully saturated rings. The van der Waals surface area contributed by atoms with Crippen molar-refractivity contribution in [1.29, 1.82) is 0 Å². The summed E-state index contributed by atoms with van der Waals surface area (Å²) in [5.74, 6) is 0. The summed E-state index contributed by atoms with van der Waals surface area (Å²) in [5.41, 5.74) is 5.95. The minimum atomic E-state index is 0.523. The van der Waals surface area contributed by atoms with Gasteiger partial charge in [-0.3, -0.25) is 4.68 Å². The molecular weight excluding hydrogens is 368 g/mol. The number of pyridine rings is 1. The molecule has 0 spiro atoms. The van der Waals surface area contributed by atoms with Gasteiger partial charge in [0.25, 0.3) is 0 Å². The predicted octanol–water partition coefficient (Wildman–Crippen LogP) is 1.38. The molecule has 0 unspecified atom stereocenters. The third-order valence-corrected chi connectivity index (χ3v) is 4.68. The Hall–Kier alpha value is -3.66. The highest BCUT2D eigenvalue weighted by Crippen LogP contribution is 2.18. The Bertz CT molecular complexity index is 1310. The van der Waals surface area contributed by atoms with Crippen LogP contribution in [-0.4, -0.2) is 63.1 Å². The van der Waals surface area contributed by atoms with Gasteiger partial charge in [-0.25, -0.2) is 19.6 Å². The van der Waals surface area contributed by atoms with Crippen LogP contribution in [0.5, 0.6) is 0 Å². The molecule has 5 aromatic rings. The Morgan fingerprint density at radius 2 is 1.93 bits per heavy atom. The summed E-state index contributed by atoms with van der Waals surface area (Å²) in [7, 11) is 5.96. The topological polar surface area (TPSA) is 94.9 Å². The number of nitrogens with zero attached hydrogens (tertiary/aromatic N) is 10. The number of rotatable bonds is 5. The highest BCUT2D eigenvalue weighted by atomic mass is 15.5. The number of aryl methyl sites for hydroxylation is 1. The second-order valence-corrected chi connectivity index (χ2v) is 7.31. The van der Waals surface area contributed by atoms with Crippen LogP contribution in [0.15, 0.2) is 43.1 Å². The third kappa shape index (κ3) is 3.23. The summed E-state index contributed by atoms with van der Waals surface area (Å²) in [4.78, 5) is 15.7. The smallest absolute Gasteiger partial charge is 0.221 e. The zero-order valence-corrected chi connectivity index (χ0v) is 16.4. The van der Waals surface area contributed by atoms with Crippen LogP contribution in [-0.2, 0) is 20.1 Å². The van der Waals surface area contributed by atoms with E-state index < -0.39 is 0 Å². The Morgan fingerprint density at radius 1 is 1.03 bits per heavy atom. The molecule has 0 amide bonds. The average Bonchev–Trinajstić information content (AvgIpc) is 3.41. The van der Waals surface area contributed by atoms with Crippen molar-refractivity contribution in [2.45, 2.75) is 13.1 Å². The molecule has 146 valence electrons. The summed E-state index contributed by atoms with van der Waals surface area (Å²) in [5, 5.41) is 12.6. The van der Waals surface area contributed by atoms with Gasteiger partial charge in [0.1, 0.15) is 5.65 Å². The van der Waals surface area contributed by atoms with E-state index in [0.29, 0.717) is 17.8 Å². The van der Waals surface area contributed by atoms with Gasteiger partial charge in [0, 0.05) is 31.5 Å². The Kier molecular flexibility index (Phi) is 4.06. The highest BCUT2D eigenvalue weighted by Gasteiger charge is 2.12. The molecule has 10 heteroatoms. The maximum atomic E-state index is 4.72. The van der Waals surface area contributed by atoms with E-state index in [1.807, 2.05) is 45.7 Å². The molecule has 10 nitrogen and oxygen atoms in total. The van der Waals surface area contributed by atoms with Crippen LogP contribution >= 0.6 is 0 Å². The van der Waals surface area contributed by atoms with E-state index in [1.54, 1.807) is 21.8 Å². The summed E-state index contributed by atoms with van der Waals surface area (Å²) in [6.07, 6.45) is 9.37. The van der Waals surface area contributed by atoms with E-state index in [2.05, 4.69) is 40.9 Å². The first kappa shape index (κ1) is 17.4. The Balaban J connectivity index is 1.51. The minimum absolute atomic E-state index is 0.523. The number of fused-ring (bicyclic) bond motifs is 2. The molecule has 0 saturated heterocycles. The van der Waals surface area contributed by atoms with E-state index in [1.165, 1.54) is 0 Å². The van der Waals surface area contributed by atoms with Gasteiger partial charge >= 0.3 is 0 Å². The van der Waals surface area contributed by atoms with E-state index in [-0.39, 0.29) is 0 Å². The highest BCUT2D eigenvalue weighted by molar-refractivity contribution is 5.69. The fraction of sp³-hybridized carbons (Fsp3) is 0.263. The molecule has 0 aliphatic rings. The van der Waals surface area contributed by atoms with Crippen LogP contribution in [0.4, 0.5) is 0 Å². The zero-order chi connectivity index (χ0) is 20.0. The van der Waals surface area contributed by atoms with Crippen molar-refractivity contribution in [3.63, 3.8) is 0 Å². The van der Waals surface area contributed by atoms with Crippen molar-refractivity contribution in [2.75, 3.05) is 14.1 Å². The third-order valence-electron chi connectivity index (χ3n) is 4.68. The molecule has 0 aromatic carbocycles. The Labute approximate surface area is 166 Å². The molecule has 0 radical (unpaired) electrons. The van der Waals surface area contributed by atoms with Crippen molar-refractivity contribution in [3.8, 4) is 11.3 Å². The molecule has 0 atom stereocenters. The monoisotopic (exact) mass is 388 g/mol. The summed E-state index contributed by atoms with van der Waals surface area (Å²) < 4.78 is 5.62. The lowest BCUT2D eigenvalue weighted by molar-refractivity contribution is 0.395.